The highest BCUT2D eigenvalue weighted by molar-refractivity contribution is 6.04. The Morgan fingerprint density at radius 3 is 2.28 bits per heavy atom. The first-order valence-electron chi connectivity index (χ1n) is 9.84. The van der Waals surface area contributed by atoms with Gasteiger partial charge in [0.2, 0.25) is 0 Å². The highest BCUT2D eigenvalue weighted by Gasteiger charge is 2.16. The minimum Gasteiger partial charge on any atom is -0.491 e. The van der Waals surface area contributed by atoms with E-state index in [-0.39, 0.29) is 12.0 Å². The summed E-state index contributed by atoms with van der Waals surface area (Å²) in [4.78, 5) is 12.5. The summed E-state index contributed by atoms with van der Waals surface area (Å²) in [5, 5.41) is 6.24. The zero-order valence-corrected chi connectivity index (χ0v) is 16.1. The van der Waals surface area contributed by atoms with Crippen LogP contribution in [0.25, 0.3) is 0 Å². The highest BCUT2D eigenvalue weighted by atomic mass is 16.5. The topological polar surface area (TPSA) is 59.6 Å². The van der Waals surface area contributed by atoms with Crippen molar-refractivity contribution in [3.05, 3.63) is 84.4 Å². The molecule has 1 aliphatic heterocycles. The Hall–Kier alpha value is -3.31. The molecule has 0 aromatic heterocycles. The molecule has 1 amide bonds. The molecule has 1 aliphatic rings. The van der Waals surface area contributed by atoms with Gasteiger partial charge in [0, 0.05) is 29.2 Å². The number of nitrogens with one attached hydrogen (secondary N) is 2. The fraction of sp³-hybridized carbons (Fsp3) is 0.208. The molecule has 0 bridgehead atoms. The van der Waals surface area contributed by atoms with Crippen LogP contribution >= 0.6 is 0 Å². The van der Waals surface area contributed by atoms with Crippen molar-refractivity contribution in [3.8, 4) is 5.75 Å². The van der Waals surface area contributed by atoms with E-state index < -0.39 is 0 Å². The third-order valence-electron chi connectivity index (χ3n) is 4.78. The average molecular weight is 388 g/mol. The van der Waals surface area contributed by atoms with E-state index in [0.717, 1.165) is 42.3 Å². The third kappa shape index (κ3) is 5.36. The Morgan fingerprint density at radius 2 is 1.59 bits per heavy atom. The van der Waals surface area contributed by atoms with Crippen molar-refractivity contribution in [1.29, 1.82) is 0 Å². The lowest BCUT2D eigenvalue weighted by Gasteiger charge is -2.12. The second kappa shape index (κ2) is 9.26. The van der Waals surface area contributed by atoms with Crippen molar-refractivity contribution >= 4 is 23.0 Å². The molecule has 2 N–H and O–H groups in total. The molecule has 0 aliphatic carbocycles. The number of para-hydroxylation sites is 1. The standard InChI is InChI=1S/C24H24N2O3/c27-24(18-8-14-22(15-9-18)29-17-23-7-4-16-28-23)26-21-12-10-20(11-13-21)25-19-5-2-1-3-6-19/h1-3,5-6,8-15,23,25H,4,7,16-17H2,(H,26,27). The van der Waals surface area contributed by atoms with Gasteiger partial charge >= 0.3 is 0 Å². The lowest BCUT2D eigenvalue weighted by atomic mass is 10.2. The van der Waals surface area contributed by atoms with Crippen molar-refractivity contribution in [2.45, 2.75) is 18.9 Å². The van der Waals surface area contributed by atoms with Gasteiger partial charge < -0.3 is 20.1 Å². The van der Waals surface area contributed by atoms with Crippen LogP contribution in [0.1, 0.15) is 23.2 Å². The molecule has 5 heteroatoms. The second-order valence-electron chi connectivity index (χ2n) is 6.99. The maximum atomic E-state index is 12.5. The summed E-state index contributed by atoms with van der Waals surface area (Å²) in [6.07, 6.45) is 2.31. The number of anilines is 3. The van der Waals surface area contributed by atoms with E-state index in [4.69, 9.17) is 9.47 Å². The molecule has 1 heterocycles. The van der Waals surface area contributed by atoms with Crippen molar-refractivity contribution in [1.82, 2.24) is 0 Å². The number of benzene rings is 3. The first-order valence-corrected chi connectivity index (χ1v) is 9.84. The first-order chi connectivity index (χ1) is 14.3. The maximum absolute atomic E-state index is 12.5. The Balaban J connectivity index is 1.30. The van der Waals surface area contributed by atoms with Crippen LogP contribution in [0.3, 0.4) is 0 Å². The molecule has 0 radical (unpaired) electrons. The average Bonchev–Trinajstić information content (AvgIpc) is 3.28. The fourth-order valence-corrected chi connectivity index (χ4v) is 3.20. The molecule has 5 nitrogen and oxygen atoms in total. The van der Waals surface area contributed by atoms with Gasteiger partial charge in [0.15, 0.2) is 0 Å². The van der Waals surface area contributed by atoms with Gasteiger partial charge in [-0.3, -0.25) is 4.79 Å². The molecule has 1 unspecified atom stereocenters. The number of hydrogen-bond donors (Lipinski definition) is 2. The Labute approximate surface area is 170 Å². The fourth-order valence-electron chi connectivity index (χ4n) is 3.20. The van der Waals surface area contributed by atoms with Crippen LogP contribution in [0.4, 0.5) is 17.1 Å². The summed E-state index contributed by atoms with van der Waals surface area (Å²) in [5.74, 6) is 0.591. The van der Waals surface area contributed by atoms with Crippen LogP contribution in [0.2, 0.25) is 0 Å². The summed E-state index contributed by atoms with van der Waals surface area (Å²) in [6, 6.07) is 24.7. The molecule has 1 saturated heterocycles. The van der Waals surface area contributed by atoms with Crippen LogP contribution in [0, 0.1) is 0 Å². The van der Waals surface area contributed by atoms with Gasteiger partial charge in [-0.2, -0.15) is 0 Å². The molecule has 29 heavy (non-hydrogen) atoms. The summed E-state index contributed by atoms with van der Waals surface area (Å²) in [6.45, 7) is 1.37. The van der Waals surface area contributed by atoms with E-state index in [1.54, 1.807) is 12.1 Å². The minimum absolute atomic E-state index is 0.153. The molecule has 3 aromatic rings. The van der Waals surface area contributed by atoms with E-state index in [1.807, 2.05) is 66.7 Å². The number of rotatable bonds is 7. The number of carbonyl (C=O) groups excluding carboxylic acids is 1. The van der Waals surface area contributed by atoms with Gasteiger partial charge in [0.25, 0.3) is 5.91 Å². The molecule has 1 fully saturated rings. The number of carbonyl (C=O) groups is 1. The summed E-state index contributed by atoms with van der Waals surface area (Å²) in [5.41, 5.74) is 3.31. The maximum Gasteiger partial charge on any atom is 0.255 e. The van der Waals surface area contributed by atoms with Crippen LogP contribution in [-0.2, 0) is 4.74 Å². The molecule has 148 valence electrons. The van der Waals surface area contributed by atoms with Crippen molar-refractivity contribution in [3.63, 3.8) is 0 Å². The molecule has 4 rings (SSSR count). The van der Waals surface area contributed by atoms with E-state index in [0.29, 0.717) is 12.2 Å². The van der Waals surface area contributed by atoms with Gasteiger partial charge in [-0.05, 0) is 73.5 Å². The normalized spacial score (nSPS) is 15.7. The Morgan fingerprint density at radius 1 is 0.897 bits per heavy atom. The molecule has 0 saturated carbocycles. The monoisotopic (exact) mass is 388 g/mol. The minimum atomic E-state index is -0.153. The SMILES string of the molecule is O=C(Nc1ccc(Nc2ccccc2)cc1)c1ccc(OCC2CCCO2)cc1. The van der Waals surface area contributed by atoms with Crippen molar-refractivity contribution in [2.75, 3.05) is 23.8 Å². The molecular formula is C24H24N2O3. The third-order valence-corrected chi connectivity index (χ3v) is 4.78. The number of amides is 1. The largest absolute Gasteiger partial charge is 0.491 e. The van der Waals surface area contributed by atoms with Crippen molar-refractivity contribution in [2.24, 2.45) is 0 Å². The van der Waals surface area contributed by atoms with E-state index >= 15 is 0 Å². The van der Waals surface area contributed by atoms with E-state index in [9.17, 15) is 4.79 Å². The predicted octanol–water partition coefficient (Wildman–Crippen LogP) is 5.24. The second-order valence-corrected chi connectivity index (χ2v) is 6.99. The molecule has 1 atom stereocenters. The smallest absolute Gasteiger partial charge is 0.255 e. The quantitative estimate of drug-likeness (QED) is 0.581. The lowest BCUT2D eigenvalue weighted by Crippen LogP contribution is -2.16. The Kier molecular flexibility index (Phi) is 6.07. The summed E-state index contributed by atoms with van der Waals surface area (Å²) in [7, 11) is 0. The van der Waals surface area contributed by atoms with Gasteiger partial charge in [-0.25, -0.2) is 0 Å². The van der Waals surface area contributed by atoms with Crippen LogP contribution < -0.4 is 15.4 Å². The van der Waals surface area contributed by atoms with Crippen molar-refractivity contribution < 1.29 is 14.3 Å². The molecule has 0 spiro atoms. The van der Waals surface area contributed by atoms with E-state index in [1.165, 1.54) is 0 Å². The van der Waals surface area contributed by atoms with Crippen LogP contribution in [-0.4, -0.2) is 25.2 Å². The van der Waals surface area contributed by atoms with E-state index in [2.05, 4.69) is 10.6 Å². The zero-order chi connectivity index (χ0) is 19.9. The Bertz CT molecular complexity index is 919. The summed E-state index contributed by atoms with van der Waals surface area (Å²) < 4.78 is 11.3. The zero-order valence-electron chi connectivity index (χ0n) is 16.1. The number of ether oxygens (including phenoxy) is 2. The van der Waals surface area contributed by atoms with Gasteiger partial charge in [-0.1, -0.05) is 18.2 Å². The van der Waals surface area contributed by atoms with Gasteiger partial charge in [0.05, 0.1) is 6.10 Å². The van der Waals surface area contributed by atoms with Crippen LogP contribution in [0.15, 0.2) is 78.9 Å². The van der Waals surface area contributed by atoms with Gasteiger partial charge in [-0.15, -0.1) is 0 Å². The molecular weight excluding hydrogens is 364 g/mol. The predicted molar refractivity (Wildman–Crippen MR) is 115 cm³/mol. The molecule has 3 aromatic carbocycles. The highest BCUT2D eigenvalue weighted by Crippen LogP contribution is 2.20. The first kappa shape index (κ1) is 19.0. The number of hydrogen-bond acceptors (Lipinski definition) is 4. The summed E-state index contributed by atoms with van der Waals surface area (Å²) >= 11 is 0. The lowest BCUT2D eigenvalue weighted by molar-refractivity contribution is 0.0679. The van der Waals surface area contributed by atoms with Crippen LogP contribution in [0.5, 0.6) is 5.75 Å². The van der Waals surface area contributed by atoms with Gasteiger partial charge in [0.1, 0.15) is 12.4 Å².